The van der Waals surface area contributed by atoms with Crippen molar-refractivity contribution < 1.29 is 4.43 Å². The Morgan fingerprint density at radius 3 is 2.21 bits per heavy atom. The van der Waals surface area contributed by atoms with Gasteiger partial charge in [-0.05, 0) is 37.4 Å². The van der Waals surface area contributed by atoms with E-state index in [9.17, 15) is 0 Å². The molecule has 1 atom stereocenters. The topological polar surface area (TPSA) is 9.23 Å². The average Bonchev–Trinajstić information content (AvgIpc) is 2.24. The van der Waals surface area contributed by atoms with Crippen molar-refractivity contribution in [3.8, 4) is 12.3 Å². The van der Waals surface area contributed by atoms with E-state index in [1.807, 2.05) is 0 Å². The third-order valence-electron chi connectivity index (χ3n) is 5.30. The number of terminal acetylenes is 1. The Balaban J connectivity index is 2.80. The third-order valence-corrected chi connectivity index (χ3v) is 9.74. The van der Waals surface area contributed by atoms with Crippen LogP contribution < -0.4 is 0 Å². The summed E-state index contributed by atoms with van der Waals surface area (Å²) in [6, 6.07) is 0. The van der Waals surface area contributed by atoms with Crippen LogP contribution in [0.2, 0.25) is 18.1 Å². The van der Waals surface area contributed by atoms with Crippen LogP contribution in [0, 0.1) is 17.8 Å². The van der Waals surface area contributed by atoms with E-state index in [-0.39, 0.29) is 11.1 Å². The van der Waals surface area contributed by atoms with Crippen molar-refractivity contribution >= 4 is 8.32 Å². The lowest BCUT2D eigenvalue weighted by Gasteiger charge is -2.50. The van der Waals surface area contributed by atoms with Crippen LogP contribution in [0.4, 0.5) is 0 Å². The molecule has 19 heavy (non-hydrogen) atoms. The summed E-state index contributed by atoms with van der Waals surface area (Å²) in [6.45, 7) is 13.7. The third kappa shape index (κ3) is 3.64. The fraction of sp³-hybridized carbons (Fsp3) is 0.882. The quantitative estimate of drug-likeness (QED) is 0.469. The van der Waals surface area contributed by atoms with Crippen LogP contribution in [0.3, 0.4) is 0 Å². The summed E-state index contributed by atoms with van der Waals surface area (Å²) in [6.07, 6.45) is 13.5. The molecule has 1 aliphatic rings. The summed E-state index contributed by atoms with van der Waals surface area (Å²) in [5, 5.41) is 0.234. The average molecular weight is 281 g/mol. The second kappa shape index (κ2) is 6.02. The molecule has 0 heterocycles. The Morgan fingerprint density at radius 1 is 1.32 bits per heavy atom. The van der Waals surface area contributed by atoms with Crippen molar-refractivity contribution in [1.29, 1.82) is 0 Å². The summed E-state index contributed by atoms with van der Waals surface area (Å²) in [5.74, 6) is 2.99. The molecule has 0 aliphatic heterocycles. The van der Waals surface area contributed by atoms with E-state index in [1.165, 1.54) is 38.5 Å². The Labute approximate surface area is 121 Å². The van der Waals surface area contributed by atoms with Crippen LogP contribution in [-0.4, -0.2) is 14.4 Å². The van der Waals surface area contributed by atoms with Gasteiger partial charge in [-0.2, -0.15) is 0 Å². The molecule has 1 saturated carbocycles. The monoisotopic (exact) mass is 280 g/mol. The SMILES string of the molecule is C#CC(O[Si](C)(C)C(C)(C)C)C1(CCCC)CCC1. The zero-order chi connectivity index (χ0) is 14.7. The highest BCUT2D eigenvalue weighted by Gasteiger charge is 2.48. The Hall–Kier alpha value is -0.263. The number of unbranched alkanes of at least 4 members (excludes halogenated alkanes) is 1. The van der Waals surface area contributed by atoms with Gasteiger partial charge in [0.2, 0.25) is 0 Å². The minimum absolute atomic E-state index is 0.0358. The normalized spacial score (nSPS) is 20.5. The lowest BCUT2D eigenvalue weighted by atomic mass is 9.62. The molecular weight excluding hydrogens is 248 g/mol. The van der Waals surface area contributed by atoms with Crippen LogP contribution in [0.25, 0.3) is 0 Å². The second-order valence-corrected chi connectivity index (χ2v) is 12.5. The van der Waals surface area contributed by atoms with E-state index in [0.717, 1.165) is 0 Å². The summed E-state index contributed by atoms with van der Waals surface area (Å²) < 4.78 is 6.56. The Kier molecular flexibility index (Phi) is 5.32. The maximum absolute atomic E-state index is 6.56. The van der Waals surface area contributed by atoms with Gasteiger partial charge in [0, 0.05) is 5.41 Å². The predicted molar refractivity (Wildman–Crippen MR) is 86.7 cm³/mol. The minimum Gasteiger partial charge on any atom is -0.403 e. The lowest BCUT2D eigenvalue weighted by Crippen LogP contribution is -2.51. The van der Waals surface area contributed by atoms with Gasteiger partial charge in [-0.15, -0.1) is 6.42 Å². The zero-order valence-corrected chi connectivity index (χ0v) is 14.8. The van der Waals surface area contributed by atoms with Gasteiger partial charge in [0.1, 0.15) is 6.10 Å². The summed E-state index contributed by atoms with van der Waals surface area (Å²) >= 11 is 0. The van der Waals surface area contributed by atoms with Gasteiger partial charge in [0.25, 0.3) is 0 Å². The molecule has 0 bridgehead atoms. The van der Waals surface area contributed by atoms with Crippen LogP contribution in [-0.2, 0) is 4.43 Å². The molecule has 2 heteroatoms. The smallest absolute Gasteiger partial charge is 0.193 e. The van der Waals surface area contributed by atoms with Crippen molar-refractivity contribution in [3.05, 3.63) is 0 Å². The zero-order valence-electron chi connectivity index (χ0n) is 13.8. The van der Waals surface area contributed by atoms with E-state index in [0.29, 0.717) is 5.41 Å². The highest BCUT2D eigenvalue weighted by atomic mass is 28.4. The van der Waals surface area contributed by atoms with Crippen LogP contribution in [0.1, 0.15) is 66.2 Å². The highest BCUT2D eigenvalue weighted by molar-refractivity contribution is 6.74. The molecule has 0 N–H and O–H groups in total. The highest BCUT2D eigenvalue weighted by Crippen LogP contribution is 2.51. The fourth-order valence-electron chi connectivity index (χ4n) is 2.61. The molecule has 0 aromatic rings. The van der Waals surface area contributed by atoms with Gasteiger partial charge >= 0.3 is 0 Å². The van der Waals surface area contributed by atoms with Crippen LogP contribution in [0.15, 0.2) is 0 Å². The number of hydrogen-bond donors (Lipinski definition) is 0. The van der Waals surface area contributed by atoms with Crippen LogP contribution >= 0.6 is 0 Å². The molecule has 1 aliphatic carbocycles. The fourth-order valence-corrected chi connectivity index (χ4v) is 3.87. The maximum atomic E-state index is 6.56. The molecular formula is C17H32OSi. The van der Waals surface area contributed by atoms with Gasteiger partial charge in [-0.3, -0.25) is 0 Å². The first kappa shape index (κ1) is 16.8. The van der Waals surface area contributed by atoms with Crippen molar-refractivity contribution in [2.45, 2.75) is 90.5 Å². The number of hydrogen-bond acceptors (Lipinski definition) is 1. The summed E-state index contributed by atoms with van der Waals surface area (Å²) in [4.78, 5) is 0. The molecule has 110 valence electrons. The van der Waals surface area contributed by atoms with Gasteiger partial charge < -0.3 is 4.43 Å². The molecule has 0 spiro atoms. The molecule has 1 rings (SSSR count). The van der Waals surface area contributed by atoms with Gasteiger partial charge in [-0.25, -0.2) is 0 Å². The molecule has 0 aromatic carbocycles. The van der Waals surface area contributed by atoms with Gasteiger partial charge in [-0.1, -0.05) is 52.9 Å². The van der Waals surface area contributed by atoms with Gasteiger partial charge in [0.15, 0.2) is 8.32 Å². The largest absolute Gasteiger partial charge is 0.403 e. The molecule has 0 saturated heterocycles. The Morgan fingerprint density at radius 2 is 1.89 bits per heavy atom. The predicted octanol–water partition coefficient (Wildman–Crippen LogP) is 5.37. The first-order valence-electron chi connectivity index (χ1n) is 7.82. The maximum Gasteiger partial charge on any atom is 0.193 e. The second-order valence-electron chi connectivity index (χ2n) is 7.74. The van der Waals surface area contributed by atoms with E-state index < -0.39 is 8.32 Å². The van der Waals surface area contributed by atoms with Crippen LogP contribution in [0.5, 0.6) is 0 Å². The van der Waals surface area contributed by atoms with Crippen molar-refractivity contribution in [2.24, 2.45) is 5.41 Å². The molecule has 0 amide bonds. The first-order valence-corrected chi connectivity index (χ1v) is 10.7. The first-order chi connectivity index (χ1) is 8.68. The van der Waals surface area contributed by atoms with E-state index in [2.05, 4.69) is 46.7 Å². The molecule has 0 aromatic heterocycles. The number of rotatable bonds is 6. The van der Waals surface area contributed by atoms with E-state index in [4.69, 9.17) is 10.8 Å². The van der Waals surface area contributed by atoms with E-state index in [1.54, 1.807) is 0 Å². The van der Waals surface area contributed by atoms with Crippen molar-refractivity contribution in [2.75, 3.05) is 0 Å². The van der Waals surface area contributed by atoms with E-state index >= 15 is 0 Å². The molecule has 1 fully saturated rings. The molecule has 1 nitrogen and oxygen atoms in total. The minimum atomic E-state index is -1.76. The molecule has 1 unspecified atom stereocenters. The van der Waals surface area contributed by atoms with Crippen molar-refractivity contribution in [1.82, 2.24) is 0 Å². The lowest BCUT2D eigenvalue weighted by molar-refractivity contribution is -0.00104. The summed E-state index contributed by atoms with van der Waals surface area (Å²) in [7, 11) is -1.76. The summed E-state index contributed by atoms with van der Waals surface area (Å²) in [5.41, 5.74) is 0.292. The molecule has 0 radical (unpaired) electrons. The standard InChI is InChI=1S/C17H32OSi/c1-8-10-12-17(13-11-14-17)15(9-2)18-19(6,7)16(3,4)5/h2,15H,8,10-14H2,1,3-7H3. The van der Waals surface area contributed by atoms with Gasteiger partial charge in [0.05, 0.1) is 0 Å². The van der Waals surface area contributed by atoms with Crippen molar-refractivity contribution in [3.63, 3.8) is 0 Å². The Bertz CT molecular complexity index is 328.